The molecule has 5 heteroatoms. The van der Waals surface area contributed by atoms with Gasteiger partial charge in [-0.3, -0.25) is 4.98 Å². The lowest BCUT2D eigenvalue weighted by molar-refractivity contribution is 0.0521. The van der Waals surface area contributed by atoms with Crippen molar-refractivity contribution >= 4 is 5.97 Å². The molecule has 0 atom stereocenters. The highest BCUT2D eigenvalue weighted by Crippen LogP contribution is 2.24. The fraction of sp³-hybridized carbons (Fsp3) is 0.267. The van der Waals surface area contributed by atoms with E-state index in [4.69, 9.17) is 9.47 Å². The van der Waals surface area contributed by atoms with E-state index in [-0.39, 0.29) is 0 Å². The first-order chi connectivity index (χ1) is 9.76. The number of nitrogens with zero attached hydrogens (tertiary/aromatic N) is 2. The molecule has 0 unspecified atom stereocenters. The topological polar surface area (TPSA) is 61.3 Å². The summed E-state index contributed by atoms with van der Waals surface area (Å²) in [7, 11) is 0. The van der Waals surface area contributed by atoms with Crippen molar-refractivity contribution in [2.45, 2.75) is 13.8 Å². The molecule has 0 aromatic carbocycles. The van der Waals surface area contributed by atoms with Gasteiger partial charge in [0.2, 0.25) is 5.88 Å². The number of hydrogen-bond donors (Lipinski definition) is 0. The van der Waals surface area contributed by atoms with Gasteiger partial charge in [0.05, 0.1) is 13.2 Å². The zero-order valence-corrected chi connectivity index (χ0v) is 11.5. The molecule has 20 heavy (non-hydrogen) atoms. The third-order valence-electron chi connectivity index (χ3n) is 2.62. The molecule has 0 spiro atoms. The van der Waals surface area contributed by atoms with E-state index in [1.165, 1.54) is 0 Å². The lowest BCUT2D eigenvalue weighted by Crippen LogP contribution is -2.09. The van der Waals surface area contributed by atoms with Gasteiger partial charge < -0.3 is 9.47 Å². The Kier molecular flexibility index (Phi) is 4.65. The van der Waals surface area contributed by atoms with E-state index in [0.29, 0.717) is 24.7 Å². The summed E-state index contributed by atoms with van der Waals surface area (Å²) < 4.78 is 10.4. The van der Waals surface area contributed by atoms with Crippen LogP contribution in [0.2, 0.25) is 0 Å². The van der Waals surface area contributed by atoms with E-state index in [9.17, 15) is 4.79 Å². The van der Waals surface area contributed by atoms with Crippen molar-refractivity contribution in [3.05, 3.63) is 42.4 Å². The Labute approximate surface area is 117 Å². The average Bonchev–Trinajstić information content (AvgIpc) is 2.49. The number of hydrogen-bond acceptors (Lipinski definition) is 5. The first-order valence-corrected chi connectivity index (χ1v) is 6.46. The molecule has 0 aliphatic rings. The Morgan fingerprint density at radius 1 is 1.20 bits per heavy atom. The standard InChI is InChI=1S/C15H16N2O3/c1-3-19-14-13(15(18)20-4-2)8-12(10-17-14)11-6-5-7-16-9-11/h5-10H,3-4H2,1-2H3. The molecule has 0 bridgehead atoms. The molecule has 2 rings (SSSR count). The molecule has 104 valence electrons. The SMILES string of the molecule is CCOC(=O)c1cc(-c2cccnc2)cnc1OCC. The average molecular weight is 272 g/mol. The lowest BCUT2D eigenvalue weighted by atomic mass is 10.1. The zero-order chi connectivity index (χ0) is 14.4. The van der Waals surface area contributed by atoms with Crippen LogP contribution in [0, 0.1) is 0 Å². The van der Waals surface area contributed by atoms with Crippen molar-refractivity contribution in [2.75, 3.05) is 13.2 Å². The van der Waals surface area contributed by atoms with Crippen LogP contribution >= 0.6 is 0 Å². The van der Waals surface area contributed by atoms with Gasteiger partial charge >= 0.3 is 5.97 Å². The van der Waals surface area contributed by atoms with Crippen molar-refractivity contribution in [1.82, 2.24) is 9.97 Å². The van der Waals surface area contributed by atoms with Gasteiger partial charge in [0.1, 0.15) is 5.56 Å². The highest BCUT2D eigenvalue weighted by Gasteiger charge is 2.16. The maximum Gasteiger partial charge on any atom is 0.343 e. The third-order valence-corrected chi connectivity index (χ3v) is 2.62. The quantitative estimate of drug-likeness (QED) is 0.783. The number of aromatic nitrogens is 2. The number of esters is 1. The number of carbonyl (C=O) groups excluding carboxylic acids is 1. The van der Waals surface area contributed by atoms with Gasteiger partial charge in [-0.25, -0.2) is 9.78 Å². The van der Waals surface area contributed by atoms with Crippen LogP contribution in [0.3, 0.4) is 0 Å². The predicted octanol–water partition coefficient (Wildman–Crippen LogP) is 2.72. The van der Waals surface area contributed by atoms with Crippen molar-refractivity contribution in [2.24, 2.45) is 0 Å². The molecule has 0 amide bonds. The minimum atomic E-state index is -0.436. The summed E-state index contributed by atoms with van der Waals surface area (Å²) >= 11 is 0. The lowest BCUT2D eigenvalue weighted by Gasteiger charge is -2.10. The van der Waals surface area contributed by atoms with E-state index in [1.54, 1.807) is 31.6 Å². The molecule has 2 aromatic rings. The van der Waals surface area contributed by atoms with Crippen molar-refractivity contribution in [3.63, 3.8) is 0 Å². The highest BCUT2D eigenvalue weighted by atomic mass is 16.5. The van der Waals surface area contributed by atoms with Gasteiger partial charge in [-0.05, 0) is 26.0 Å². The second-order valence-corrected chi connectivity index (χ2v) is 3.97. The monoisotopic (exact) mass is 272 g/mol. The van der Waals surface area contributed by atoms with E-state index in [1.807, 2.05) is 19.1 Å². The van der Waals surface area contributed by atoms with Crippen LogP contribution in [0.1, 0.15) is 24.2 Å². The van der Waals surface area contributed by atoms with Crippen LogP contribution in [-0.2, 0) is 4.74 Å². The first kappa shape index (κ1) is 14.0. The summed E-state index contributed by atoms with van der Waals surface area (Å²) in [6.45, 7) is 4.34. The number of pyridine rings is 2. The zero-order valence-electron chi connectivity index (χ0n) is 11.5. The van der Waals surface area contributed by atoms with E-state index in [2.05, 4.69) is 9.97 Å². The normalized spacial score (nSPS) is 10.1. The van der Waals surface area contributed by atoms with Gasteiger partial charge in [-0.2, -0.15) is 0 Å². The van der Waals surface area contributed by atoms with Crippen LogP contribution in [0.25, 0.3) is 11.1 Å². The Morgan fingerprint density at radius 3 is 2.70 bits per heavy atom. The molecule has 0 saturated heterocycles. The van der Waals surface area contributed by atoms with E-state index >= 15 is 0 Å². The van der Waals surface area contributed by atoms with Crippen LogP contribution in [0.4, 0.5) is 0 Å². The van der Waals surface area contributed by atoms with E-state index < -0.39 is 5.97 Å². The van der Waals surface area contributed by atoms with Gasteiger partial charge in [0.15, 0.2) is 0 Å². The molecule has 0 aliphatic carbocycles. The van der Waals surface area contributed by atoms with Gasteiger partial charge in [-0.15, -0.1) is 0 Å². The first-order valence-electron chi connectivity index (χ1n) is 6.46. The maximum absolute atomic E-state index is 12.0. The molecule has 2 aromatic heterocycles. The predicted molar refractivity (Wildman–Crippen MR) is 74.6 cm³/mol. The Balaban J connectivity index is 2.42. The molecule has 0 fully saturated rings. The number of carbonyl (C=O) groups is 1. The molecule has 0 radical (unpaired) electrons. The summed E-state index contributed by atoms with van der Waals surface area (Å²) in [6.07, 6.45) is 5.06. The Bertz CT molecular complexity index is 585. The maximum atomic E-state index is 12.0. The smallest absolute Gasteiger partial charge is 0.343 e. The van der Waals surface area contributed by atoms with Crippen LogP contribution in [0.5, 0.6) is 5.88 Å². The van der Waals surface area contributed by atoms with Gasteiger partial charge in [0, 0.05) is 29.7 Å². The summed E-state index contributed by atoms with van der Waals surface area (Å²) in [5, 5.41) is 0. The third kappa shape index (κ3) is 3.12. The fourth-order valence-corrected chi connectivity index (χ4v) is 1.75. The van der Waals surface area contributed by atoms with E-state index in [0.717, 1.165) is 11.1 Å². The molecule has 5 nitrogen and oxygen atoms in total. The minimum Gasteiger partial charge on any atom is -0.477 e. The molecule has 0 N–H and O–H groups in total. The minimum absolute atomic E-state index is 0.290. The van der Waals surface area contributed by atoms with Crippen molar-refractivity contribution in [1.29, 1.82) is 0 Å². The van der Waals surface area contributed by atoms with Gasteiger partial charge in [-0.1, -0.05) is 6.07 Å². The van der Waals surface area contributed by atoms with Crippen molar-refractivity contribution in [3.8, 4) is 17.0 Å². The molecule has 0 aliphatic heterocycles. The second kappa shape index (κ2) is 6.65. The van der Waals surface area contributed by atoms with Crippen LogP contribution in [-0.4, -0.2) is 29.2 Å². The molecule has 0 saturated carbocycles. The van der Waals surface area contributed by atoms with Crippen molar-refractivity contribution < 1.29 is 14.3 Å². The number of ether oxygens (including phenoxy) is 2. The fourth-order valence-electron chi connectivity index (χ4n) is 1.75. The van der Waals surface area contributed by atoms with Crippen LogP contribution in [0.15, 0.2) is 36.8 Å². The Hall–Kier alpha value is -2.43. The summed E-state index contributed by atoms with van der Waals surface area (Å²) in [4.78, 5) is 20.2. The highest BCUT2D eigenvalue weighted by molar-refractivity contribution is 5.93. The molecule has 2 heterocycles. The molecular formula is C15H16N2O3. The van der Waals surface area contributed by atoms with Gasteiger partial charge in [0.25, 0.3) is 0 Å². The second-order valence-electron chi connectivity index (χ2n) is 3.97. The van der Waals surface area contributed by atoms with Crippen LogP contribution < -0.4 is 4.74 Å². The summed E-state index contributed by atoms with van der Waals surface area (Å²) in [6, 6.07) is 5.45. The largest absolute Gasteiger partial charge is 0.477 e. The summed E-state index contributed by atoms with van der Waals surface area (Å²) in [5.74, 6) is -0.146. The molecular weight excluding hydrogens is 256 g/mol. The summed E-state index contributed by atoms with van der Waals surface area (Å²) in [5.41, 5.74) is 2.01. The Morgan fingerprint density at radius 2 is 2.05 bits per heavy atom. The number of rotatable bonds is 5.